The Labute approximate surface area is 131 Å². The van der Waals surface area contributed by atoms with Gasteiger partial charge in [-0.3, -0.25) is 14.9 Å². The molecule has 1 aliphatic rings. The van der Waals surface area contributed by atoms with Gasteiger partial charge in [0.2, 0.25) is 0 Å². The molecule has 110 valence electrons. The topological polar surface area (TPSA) is 66.4 Å². The first-order valence-corrected chi connectivity index (χ1v) is 7.54. The molecule has 0 spiro atoms. The zero-order valence-corrected chi connectivity index (χ0v) is 12.4. The first-order chi connectivity index (χ1) is 10.6. The molecule has 1 fully saturated rings. The second-order valence-corrected chi connectivity index (χ2v) is 5.92. The van der Waals surface area contributed by atoms with Gasteiger partial charge in [0.25, 0.3) is 11.1 Å². The van der Waals surface area contributed by atoms with E-state index in [1.807, 2.05) is 42.5 Å². The van der Waals surface area contributed by atoms with Gasteiger partial charge in [-0.05, 0) is 47.5 Å². The molecule has 0 atom stereocenters. The maximum absolute atomic E-state index is 11.6. The first kappa shape index (κ1) is 14.4. The van der Waals surface area contributed by atoms with Gasteiger partial charge in [-0.25, -0.2) is 0 Å². The van der Waals surface area contributed by atoms with Crippen molar-refractivity contribution in [2.45, 2.75) is 6.42 Å². The average Bonchev–Trinajstić information content (AvgIpc) is 2.81. The van der Waals surface area contributed by atoms with Crippen molar-refractivity contribution in [3.05, 3.63) is 70.1 Å². The smallest absolute Gasteiger partial charge is 0.290 e. The number of imide groups is 1. The second-order valence-electron chi connectivity index (χ2n) is 4.91. The van der Waals surface area contributed by atoms with E-state index in [0.717, 1.165) is 29.3 Å². The van der Waals surface area contributed by atoms with Crippen LogP contribution in [0.25, 0.3) is 6.08 Å². The van der Waals surface area contributed by atoms with Crippen molar-refractivity contribution in [2.75, 3.05) is 0 Å². The number of hydrogen-bond acceptors (Lipinski definition) is 4. The molecule has 0 aromatic heterocycles. The Morgan fingerprint density at radius 1 is 1.05 bits per heavy atom. The largest absolute Gasteiger partial charge is 0.507 e. The van der Waals surface area contributed by atoms with Gasteiger partial charge < -0.3 is 5.11 Å². The van der Waals surface area contributed by atoms with Crippen LogP contribution in [0.4, 0.5) is 4.79 Å². The fourth-order valence-electron chi connectivity index (χ4n) is 2.22. The normalized spacial score (nSPS) is 16.1. The molecule has 4 nitrogen and oxygen atoms in total. The third-order valence-electron chi connectivity index (χ3n) is 3.27. The van der Waals surface area contributed by atoms with Crippen LogP contribution in [-0.4, -0.2) is 16.3 Å². The number of thioether (sulfide) groups is 1. The fraction of sp³-hybridized carbons (Fsp3) is 0.0588. The molecule has 1 saturated heterocycles. The van der Waals surface area contributed by atoms with E-state index < -0.39 is 11.1 Å². The van der Waals surface area contributed by atoms with Gasteiger partial charge in [-0.2, -0.15) is 0 Å². The highest BCUT2D eigenvalue weighted by atomic mass is 32.2. The van der Waals surface area contributed by atoms with Gasteiger partial charge >= 0.3 is 0 Å². The van der Waals surface area contributed by atoms with Crippen molar-refractivity contribution in [3.8, 4) is 5.75 Å². The predicted molar refractivity (Wildman–Crippen MR) is 86.5 cm³/mol. The summed E-state index contributed by atoms with van der Waals surface area (Å²) in [6, 6.07) is 15.2. The molecule has 0 bridgehead atoms. The minimum atomic E-state index is -0.428. The minimum absolute atomic E-state index is 0.0806. The van der Waals surface area contributed by atoms with Crippen LogP contribution in [0.3, 0.4) is 0 Å². The van der Waals surface area contributed by atoms with Crippen molar-refractivity contribution >= 4 is 29.0 Å². The number of benzene rings is 2. The Kier molecular flexibility index (Phi) is 3.98. The number of carbonyl (C=O) groups excluding carboxylic acids is 2. The number of phenols is 1. The van der Waals surface area contributed by atoms with E-state index in [1.165, 1.54) is 6.08 Å². The molecule has 1 aliphatic heterocycles. The van der Waals surface area contributed by atoms with Gasteiger partial charge in [0, 0.05) is 5.56 Å². The third-order valence-corrected chi connectivity index (χ3v) is 4.08. The van der Waals surface area contributed by atoms with Crippen molar-refractivity contribution in [1.29, 1.82) is 0 Å². The van der Waals surface area contributed by atoms with Crippen molar-refractivity contribution in [3.63, 3.8) is 0 Å². The molecular weight excluding hydrogens is 298 g/mol. The van der Waals surface area contributed by atoms with Gasteiger partial charge in [0.15, 0.2) is 0 Å². The van der Waals surface area contributed by atoms with Crippen LogP contribution in [0.5, 0.6) is 5.75 Å². The van der Waals surface area contributed by atoms with E-state index in [2.05, 4.69) is 5.32 Å². The predicted octanol–water partition coefficient (Wildman–Crippen LogP) is 3.31. The zero-order chi connectivity index (χ0) is 15.5. The van der Waals surface area contributed by atoms with E-state index in [9.17, 15) is 14.7 Å². The number of amides is 2. The van der Waals surface area contributed by atoms with E-state index in [4.69, 9.17) is 0 Å². The van der Waals surface area contributed by atoms with E-state index in [0.29, 0.717) is 5.56 Å². The minimum Gasteiger partial charge on any atom is -0.507 e. The molecule has 3 rings (SSSR count). The fourth-order valence-corrected chi connectivity index (χ4v) is 2.90. The van der Waals surface area contributed by atoms with Crippen LogP contribution < -0.4 is 5.32 Å². The summed E-state index contributed by atoms with van der Waals surface area (Å²) in [5.74, 6) is -0.347. The molecule has 22 heavy (non-hydrogen) atoms. The van der Waals surface area contributed by atoms with Gasteiger partial charge in [0.05, 0.1) is 4.91 Å². The van der Waals surface area contributed by atoms with Crippen LogP contribution in [0, 0.1) is 0 Å². The summed E-state index contributed by atoms with van der Waals surface area (Å²) < 4.78 is 0. The van der Waals surface area contributed by atoms with Crippen LogP contribution in [-0.2, 0) is 11.2 Å². The Morgan fingerprint density at radius 2 is 1.82 bits per heavy atom. The summed E-state index contributed by atoms with van der Waals surface area (Å²) in [7, 11) is 0. The Morgan fingerprint density at radius 3 is 2.50 bits per heavy atom. The first-order valence-electron chi connectivity index (χ1n) is 6.72. The molecule has 0 radical (unpaired) electrons. The van der Waals surface area contributed by atoms with Gasteiger partial charge in [0.1, 0.15) is 5.75 Å². The lowest BCUT2D eigenvalue weighted by atomic mass is 10.0. The van der Waals surface area contributed by atoms with E-state index >= 15 is 0 Å². The lowest BCUT2D eigenvalue weighted by Gasteiger charge is -2.06. The second kappa shape index (κ2) is 6.07. The van der Waals surface area contributed by atoms with Crippen molar-refractivity contribution in [1.82, 2.24) is 5.32 Å². The molecule has 2 N–H and O–H groups in total. The van der Waals surface area contributed by atoms with Crippen molar-refractivity contribution in [2.24, 2.45) is 0 Å². The molecule has 2 aromatic carbocycles. The number of hydrogen-bond donors (Lipinski definition) is 2. The van der Waals surface area contributed by atoms with Crippen molar-refractivity contribution < 1.29 is 14.7 Å². The summed E-state index contributed by atoms with van der Waals surface area (Å²) in [4.78, 5) is 23.0. The zero-order valence-electron chi connectivity index (χ0n) is 11.6. The van der Waals surface area contributed by atoms with E-state index in [1.54, 1.807) is 6.07 Å². The lowest BCUT2D eigenvalue weighted by Crippen LogP contribution is -2.17. The number of rotatable bonds is 3. The molecule has 1 heterocycles. The number of phenolic OH excluding ortho intramolecular Hbond substituents is 1. The van der Waals surface area contributed by atoms with E-state index in [-0.39, 0.29) is 10.7 Å². The Bertz CT molecular complexity index is 769. The molecule has 2 aromatic rings. The van der Waals surface area contributed by atoms with Crippen LogP contribution in [0.15, 0.2) is 53.4 Å². The maximum Gasteiger partial charge on any atom is 0.290 e. The Hall–Kier alpha value is -2.53. The highest BCUT2D eigenvalue weighted by Gasteiger charge is 2.25. The third kappa shape index (κ3) is 3.20. The highest BCUT2D eigenvalue weighted by molar-refractivity contribution is 8.18. The van der Waals surface area contributed by atoms with Crippen LogP contribution in [0.2, 0.25) is 0 Å². The molecule has 0 unspecified atom stereocenters. The molecule has 5 heteroatoms. The summed E-state index contributed by atoms with van der Waals surface area (Å²) in [5.41, 5.74) is 2.71. The summed E-state index contributed by atoms with van der Waals surface area (Å²) in [6.07, 6.45) is 2.27. The Balaban J connectivity index is 1.89. The van der Waals surface area contributed by atoms with Gasteiger partial charge in [-0.15, -0.1) is 0 Å². The standard InChI is InChI=1S/C17H13NO3S/c19-14-7-6-12(8-11-4-2-1-3-5-11)9-13(14)10-15-16(20)18-17(21)22-15/h1-7,9-10,19H,8H2,(H,18,20,21)/b15-10+. The number of nitrogens with one attached hydrogen (secondary N) is 1. The summed E-state index contributed by atoms with van der Waals surface area (Å²) >= 11 is 0.837. The van der Waals surface area contributed by atoms with Gasteiger partial charge in [-0.1, -0.05) is 36.4 Å². The lowest BCUT2D eigenvalue weighted by molar-refractivity contribution is -0.115. The average molecular weight is 311 g/mol. The van der Waals surface area contributed by atoms with Crippen LogP contribution >= 0.6 is 11.8 Å². The summed E-state index contributed by atoms with van der Waals surface area (Å²) in [6.45, 7) is 0. The number of aromatic hydroxyl groups is 1. The molecular formula is C17H13NO3S. The number of carbonyl (C=O) groups is 2. The maximum atomic E-state index is 11.6. The van der Waals surface area contributed by atoms with Crippen LogP contribution in [0.1, 0.15) is 16.7 Å². The molecule has 2 amide bonds. The quantitative estimate of drug-likeness (QED) is 0.854. The highest BCUT2D eigenvalue weighted by Crippen LogP contribution is 2.29. The SMILES string of the molecule is O=C1NC(=O)/C(=C\c2cc(Cc3ccccc3)ccc2O)S1. The molecule has 0 saturated carbocycles. The molecule has 0 aliphatic carbocycles. The monoisotopic (exact) mass is 311 g/mol. The summed E-state index contributed by atoms with van der Waals surface area (Å²) in [5, 5.41) is 11.7.